The van der Waals surface area contributed by atoms with Gasteiger partial charge in [-0.1, -0.05) is 67.6 Å². The van der Waals surface area contributed by atoms with Gasteiger partial charge in [-0.05, 0) is 44.6 Å². The highest BCUT2D eigenvalue weighted by molar-refractivity contribution is 7.73. The molecule has 0 aliphatic carbocycles. The van der Waals surface area contributed by atoms with Crippen LogP contribution in [0.3, 0.4) is 0 Å². The molecule has 0 aliphatic heterocycles. The third-order valence-electron chi connectivity index (χ3n) is 3.92. The zero-order valence-corrected chi connectivity index (χ0v) is 13.5. The van der Waals surface area contributed by atoms with Crippen LogP contribution in [0.5, 0.6) is 0 Å². The topological polar surface area (TPSA) is 12.0 Å². The van der Waals surface area contributed by atoms with Crippen molar-refractivity contribution in [3.8, 4) is 0 Å². The molecular weight excluding hydrogens is 261 g/mol. The highest BCUT2D eigenvalue weighted by Gasteiger charge is 2.19. The Bertz CT molecular complexity index is 458. The van der Waals surface area contributed by atoms with Gasteiger partial charge < -0.3 is 5.32 Å². The lowest BCUT2D eigenvalue weighted by Gasteiger charge is -2.26. The Labute approximate surface area is 124 Å². The van der Waals surface area contributed by atoms with Crippen LogP contribution in [0.25, 0.3) is 0 Å². The maximum absolute atomic E-state index is 3.38. The van der Waals surface area contributed by atoms with E-state index in [2.05, 4.69) is 86.9 Å². The Morgan fingerprint density at radius 3 is 1.70 bits per heavy atom. The minimum atomic E-state index is -0.268. The third kappa shape index (κ3) is 3.91. The zero-order valence-electron chi connectivity index (χ0n) is 12.6. The van der Waals surface area contributed by atoms with Crippen LogP contribution in [0, 0.1) is 5.92 Å². The standard InChI is InChI=1S/C18H24NP/c1-15(16(2)19-3)14-20(17-10-6-4-7-11-17)18-12-8-5-9-13-18/h4-13,15-16,19H,14H2,1-3H3. The molecule has 106 valence electrons. The van der Waals surface area contributed by atoms with Crippen molar-refractivity contribution >= 4 is 18.5 Å². The SMILES string of the molecule is CNC(C)C(C)CP(c1ccccc1)c1ccccc1. The molecule has 20 heavy (non-hydrogen) atoms. The van der Waals surface area contributed by atoms with Crippen molar-refractivity contribution in [2.45, 2.75) is 19.9 Å². The molecule has 0 aromatic heterocycles. The predicted molar refractivity (Wildman–Crippen MR) is 91.6 cm³/mol. The van der Waals surface area contributed by atoms with Crippen molar-refractivity contribution in [3.05, 3.63) is 60.7 Å². The van der Waals surface area contributed by atoms with Crippen LogP contribution in [0.4, 0.5) is 0 Å². The van der Waals surface area contributed by atoms with Gasteiger partial charge in [-0.15, -0.1) is 0 Å². The summed E-state index contributed by atoms with van der Waals surface area (Å²) in [5.74, 6) is 0.659. The van der Waals surface area contributed by atoms with Gasteiger partial charge in [0.1, 0.15) is 0 Å². The minimum Gasteiger partial charge on any atom is -0.317 e. The summed E-state index contributed by atoms with van der Waals surface area (Å²) in [7, 11) is 1.78. The largest absolute Gasteiger partial charge is 0.317 e. The molecule has 0 fully saturated rings. The first-order valence-corrected chi connectivity index (χ1v) is 8.80. The van der Waals surface area contributed by atoms with E-state index in [9.17, 15) is 0 Å². The highest BCUT2D eigenvalue weighted by Crippen LogP contribution is 2.36. The predicted octanol–water partition coefficient (Wildman–Crippen LogP) is 3.36. The van der Waals surface area contributed by atoms with E-state index in [0.29, 0.717) is 12.0 Å². The summed E-state index contributed by atoms with van der Waals surface area (Å²) >= 11 is 0. The maximum atomic E-state index is 3.38. The first-order chi connectivity index (χ1) is 9.72. The van der Waals surface area contributed by atoms with E-state index in [1.807, 2.05) is 0 Å². The monoisotopic (exact) mass is 285 g/mol. The average Bonchev–Trinajstić information content (AvgIpc) is 2.53. The van der Waals surface area contributed by atoms with Crippen LogP contribution in [-0.2, 0) is 0 Å². The Hall–Kier alpha value is -1.17. The summed E-state index contributed by atoms with van der Waals surface area (Å²) in [6.45, 7) is 4.62. The van der Waals surface area contributed by atoms with Crippen LogP contribution in [0.15, 0.2) is 60.7 Å². The lowest BCUT2D eigenvalue weighted by atomic mass is 10.1. The summed E-state index contributed by atoms with van der Waals surface area (Å²) in [5.41, 5.74) is 0. The lowest BCUT2D eigenvalue weighted by molar-refractivity contribution is 0.464. The molecule has 1 N–H and O–H groups in total. The van der Waals surface area contributed by atoms with Gasteiger partial charge in [0.2, 0.25) is 0 Å². The second kappa shape index (κ2) is 7.57. The summed E-state index contributed by atoms with van der Waals surface area (Å²) in [5, 5.41) is 6.33. The van der Waals surface area contributed by atoms with Crippen molar-refractivity contribution < 1.29 is 0 Å². The van der Waals surface area contributed by atoms with Gasteiger partial charge in [0.05, 0.1) is 0 Å². The van der Waals surface area contributed by atoms with E-state index in [1.54, 1.807) is 0 Å². The van der Waals surface area contributed by atoms with Crippen molar-refractivity contribution in [2.75, 3.05) is 13.2 Å². The molecule has 2 aromatic carbocycles. The van der Waals surface area contributed by atoms with Gasteiger partial charge in [-0.25, -0.2) is 0 Å². The molecule has 0 amide bonds. The first-order valence-electron chi connectivity index (χ1n) is 7.27. The Morgan fingerprint density at radius 1 is 0.850 bits per heavy atom. The van der Waals surface area contributed by atoms with E-state index in [4.69, 9.17) is 0 Å². The molecule has 0 heterocycles. The van der Waals surface area contributed by atoms with Gasteiger partial charge in [-0.2, -0.15) is 0 Å². The smallest absolute Gasteiger partial charge is 0.00649 e. The second-order valence-electron chi connectivity index (χ2n) is 5.34. The zero-order chi connectivity index (χ0) is 14.4. The molecular formula is C18H24NP. The van der Waals surface area contributed by atoms with Gasteiger partial charge in [-0.3, -0.25) is 0 Å². The molecule has 0 bridgehead atoms. The molecule has 0 saturated carbocycles. The Kier molecular flexibility index (Phi) is 5.76. The molecule has 2 heteroatoms. The van der Waals surface area contributed by atoms with Gasteiger partial charge in [0, 0.05) is 6.04 Å². The fraction of sp³-hybridized carbons (Fsp3) is 0.333. The fourth-order valence-corrected chi connectivity index (χ4v) is 4.98. The molecule has 0 radical (unpaired) electrons. The van der Waals surface area contributed by atoms with E-state index in [1.165, 1.54) is 16.8 Å². The summed E-state index contributed by atoms with van der Waals surface area (Å²) < 4.78 is 0. The quantitative estimate of drug-likeness (QED) is 0.803. The van der Waals surface area contributed by atoms with Crippen molar-refractivity contribution in [1.29, 1.82) is 0 Å². The van der Waals surface area contributed by atoms with E-state index >= 15 is 0 Å². The third-order valence-corrected chi connectivity index (χ3v) is 6.70. The molecule has 0 saturated heterocycles. The number of benzene rings is 2. The van der Waals surface area contributed by atoms with Crippen LogP contribution in [0.1, 0.15) is 13.8 Å². The van der Waals surface area contributed by atoms with Crippen molar-refractivity contribution in [3.63, 3.8) is 0 Å². The molecule has 0 spiro atoms. The van der Waals surface area contributed by atoms with Crippen LogP contribution in [-0.4, -0.2) is 19.3 Å². The minimum absolute atomic E-state index is 0.268. The molecule has 1 nitrogen and oxygen atoms in total. The molecule has 2 atom stereocenters. The van der Waals surface area contributed by atoms with Gasteiger partial charge >= 0.3 is 0 Å². The molecule has 0 aliphatic rings. The fourth-order valence-electron chi connectivity index (χ4n) is 2.31. The van der Waals surface area contributed by atoms with E-state index in [0.717, 1.165) is 0 Å². The van der Waals surface area contributed by atoms with Crippen molar-refractivity contribution in [1.82, 2.24) is 5.32 Å². The average molecular weight is 285 g/mol. The summed E-state index contributed by atoms with van der Waals surface area (Å²) in [6.07, 6.45) is 1.23. The molecule has 2 aromatic rings. The van der Waals surface area contributed by atoms with Crippen LogP contribution < -0.4 is 15.9 Å². The van der Waals surface area contributed by atoms with Crippen LogP contribution in [0.2, 0.25) is 0 Å². The molecule has 2 rings (SSSR count). The number of hydrogen-bond acceptors (Lipinski definition) is 1. The normalized spacial score (nSPS) is 14.2. The van der Waals surface area contributed by atoms with Crippen molar-refractivity contribution in [2.24, 2.45) is 5.92 Å². The summed E-state index contributed by atoms with van der Waals surface area (Å²) in [4.78, 5) is 0. The number of nitrogens with one attached hydrogen (secondary N) is 1. The van der Waals surface area contributed by atoms with Gasteiger partial charge in [0.25, 0.3) is 0 Å². The Balaban J connectivity index is 2.26. The van der Waals surface area contributed by atoms with Gasteiger partial charge in [0.15, 0.2) is 0 Å². The first kappa shape index (κ1) is 15.2. The second-order valence-corrected chi connectivity index (χ2v) is 7.59. The number of rotatable bonds is 6. The van der Waals surface area contributed by atoms with E-state index < -0.39 is 0 Å². The lowest BCUT2D eigenvalue weighted by Crippen LogP contribution is -2.32. The van der Waals surface area contributed by atoms with E-state index in [-0.39, 0.29) is 7.92 Å². The number of hydrogen-bond donors (Lipinski definition) is 1. The highest BCUT2D eigenvalue weighted by atomic mass is 31.1. The maximum Gasteiger partial charge on any atom is 0.00649 e. The Morgan fingerprint density at radius 2 is 1.30 bits per heavy atom. The summed E-state index contributed by atoms with van der Waals surface area (Å²) in [6, 6.07) is 22.4. The molecule has 2 unspecified atom stereocenters. The van der Waals surface area contributed by atoms with Crippen LogP contribution >= 0.6 is 7.92 Å².